The van der Waals surface area contributed by atoms with Crippen molar-refractivity contribution in [3.63, 3.8) is 0 Å². The Morgan fingerprint density at radius 2 is 2.38 bits per heavy atom. The quantitative estimate of drug-likeness (QED) is 0.619. The third kappa shape index (κ3) is 3.85. The monoisotopic (exact) mass is 249 g/mol. The zero-order valence-corrected chi connectivity index (χ0v) is 9.77. The average Bonchev–Trinajstić information content (AvgIpc) is 2.76. The topological polar surface area (TPSA) is 114 Å². The fourth-order valence-corrected chi connectivity index (χ4v) is 1.87. The summed E-state index contributed by atoms with van der Waals surface area (Å²) >= 11 is 0. The molecule has 1 aromatic heterocycles. The van der Waals surface area contributed by atoms with Crippen LogP contribution in [0.2, 0.25) is 0 Å². The van der Waals surface area contributed by atoms with Gasteiger partial charge < -0.3 is 10.3 Å². The summed E-state index contributed by atoms with van der Waals surface area (Å²) in [7, 11) is -2.02. The summed E-state index contributed by atoms with van der Waals surface area (Å²) in [6, 6.07) is 0. The lowest BCUT2D eigenvalue weighted by molar-refractivity contribution is 0.408. The van der Waals surface area contributed by atoms with Crippen LogP contribution in [0.1, 0.15) is 12.2 Å². The second-order valence-electron chi connectivity index (χ2n) is 3.14. The standard InChI is InChI=1S/C7H15N5O3S/c1-12(4-2-3-8)16(13,14)10-5-7-9-6-15-11-7/h6,10H,2-5,8H2,1H3. The fourth-order valence-electron chi connectivity index (χ4n) is 0.970. The van der Waals surface area contributed by atoms with Crippen LogP contribution in [0, 0.1) is 0 Å². The minimum absolute atomic E-state index is 0.00575. The van der Waals surface area contributed by atoms with Crippen molar-refractivity contribution in [2.24, 2.45) is 5.73 Å². The van der Waals surface area contributed by atoms with Crippen LogP contribution < -0.4 is 10.5 Å². The molecule has 0 amide bonds. The normalized spacial score (nSPS) is 12.2. The summed E-state index contributed by atoms with van der Waals surface area (Å²) in [5.41, 5.74) is 5.30. The Hall–Kier alpha value is -1.03. The van der Waals surface area contributed by atoms with Crippen molar-refractivity contribution in [2.45, 2.75) is 13.0 Å². The minimum Gasteiger partial charge on any atom is -0.343 e. The van der Waals surface area contributed by atoms with Crippen molar-refractivity contribution >= 4 is 10.2 Å². The summed E-state index contributed by atoms with van der Waals surface area (Å²) in [5, 5.41) is 3.49. The third-order valence-corrected chi connectivity index (χ3v) is 3.42. The molecule has 0 aliphatic rings. The van der Waals surface area contributed by atoms with Crippen LogP contribution in [0.3, 0.4) is 0 Å². The maximum atomic E-state index is 11.6. The molecule has 0 atom stereocenters. The molecule has 1 rings (SSSR count). The number of hydrogen-bond donors (Lipinski definition) is 2. The van der Waals surface area contributed by atoms with Gasteiger partial charge in [-0.25, -0.2) is 0 Å². The maximum Gasteiger partial charge on any atom is 0.279 e. The van der Waals surface area contributed by atoms with Crippen molar-refractivity contribution in [3.8, 4) is 0 Å². The van der Waals surface area contributed by atoms with Crippen LogP contribution in [-0.2, 0) is 16.8 Å². The van der Waals surface area contributed by atoms with Gasteiger partial charge in [0.05, 0.1) is 6.54 Å². The second kappa shape index (κ2) is 5.89. The van der Waals surface area contributed by atoms with Gasteiger partial charge in [-0.05, 0) is 13.0 Å². The van der Waals surface area contributed by atoms with E-state index in [0.29, 0.717) is 19.5 Å². The van der Waals surface area contributed by atoms with Crippen molar-refractivity contribution in [2.75, 3.05) is 20.1 Å². The molecule has 0 fully saturated rings. The highest BCUT2D eigenvalue weighted by Gasteiger charge is 2.17. The number of hydrogen-bond acceptors (Lipinski definition) is 6. The lowest BCUT2D eigenvalue weighted by atomic mass is 10.4. The molecule has 92 valence electrons. The van der Waals surface area contributed by atoms with E-state index in [-0.39, 0.29) is 12.4 Å². The Morgan fingerprint density at radius 3 is 2.94 bits per heavy atom. The number of nitrogens with two attached hydrogens (primary N) is 1. The molecule has 0 aliphatic heterocycles. The summed E-state index contributed by atoms with van der Waals surface area (Å²) in [4.78, 5) is 3.70. The van der Waals surface area contributed by atoms with Gasteiger partial charge in [-0.3, -0.25) is 0 Å². The number of nitrogens with one attached hydrogen (secondary N) is 1. The van der Waals surface area contributed by atoms with Gasteiger partial charge >= 0.3 is 0 Å². The molecule has 3 N–H and O–H groups in total. The Balaban J connectivity index is 2.45. The van der Waals surface area contributed by atoms with E-state index in [9.17, 15) is 8.42 Å². The van der Waals surface area contributed by atoms with E-state index in [1.54, 1.807) is 0 Å². The smallest absolute Gasteiger partial charge is 0.279 e. The minimum atomic E-state index is -3.50. The van der Waals surface area contributed by atoms with Crippen LogP contribution in [0.4, 0.5) is 0 Å². The number of aromatic nitrogens is 2. The summed E-state index contributed by atoms with van der Waals surface area (Å²) in [6.45, 7) is 0.828. The van der Waals surface area contributed by atoms with Gasteiger partial charge in [0.1, 0.15) is 0 Å². The van der Waals surface area contributed by atoms with Crippen LogP contribution >= 0.6 is 0 Å². The predicted octanol–water partition coefficient (Wildman–Crippen LogP) is -1.32. The van der Waals surface area contributed by atoms with Crippen molar-refractivity contribution < 1.29 is 12.9 Å². The molecule has 0 aromatic carbocycles. The average molecular weight is 249 g/mol. The molecule has 9 heteroatoms. The van der Waals surface area contributed by atoms with E-state index in [4.69, 9.17) is 5.73 Å². The number of rotatable bonds is 7. The van der Waals surface area contributed by atoms with E-state index in [1.807, 2.05) is 0 Å². The zero-order valence-electron chi connectivity index (χ0n) is 8.96. The zero-order chi connectivity index (χ0) is 12.0. The maximum absolute atomic E-state index is 11.6. The molecule has 0 aliphatic carbocycles. The first-order valence-corrected chi connectivity index (χ1v) is 6.16. The van der Waals surface area contributed by atoms with E-state index < -0.39 is 10.2 Å². The molecular formula is C7H15N5O3S. The van der Waals surface area contributed by atoms with E-state index >= 15 is 0 Å². The molecule has 0 saturated carbocycles. The van der Waals surface area contributed by atoms with Gasteiger partial charge in [0.25, 0.3) is 10.2 Å². The molecule has 8 nitrogen and oxygen atoms in total. The van der Waals surface area contributed by atoms with Gasteiger partial charge in [-0.1, -0.05) is 5.16 Å². The first-order valence-electron chi connectivity index (χ1n) is 4.72. The molecule has 0 unspecified atom stereocenters. The summed E-state index contributed by atoms with van der Waals surface area (Å²) < 4.78 is 31.3. The van der Waals surface area contributed by atoms with Crippen LogP contribution in [0.5, 0.6) is 0 Å². The SMILES string of the molecule is CN(CCCN)S(=O)(=O)NCc1ncon1. The van der Waals surface area contributed by atoms with Crippen LogP contribution in [0.25, 0.3) is 0 Å². The highest BCUT2D eigenvalue weighted by molar-refractivity contribution is 7.87. The third-order valence-electron chi connectivity index (χ3n) is 1.91. The van der Waals surface area contributed by atoms with Gasteiger partial charge in [-0.15, -0.1) is 0 Å². The lowest BCUT2D eigenvalue weighted by Gasteiger charge is -2.16. The summed E-state index contributed by atoms with van der Waals surface area (Å²) in [6.07, 6.45) is 1.75. The van der Waals surface area contributed by atoms with Crippen molar-refractivity contribution in [3.05, 3.63) is 12.2 Å². The number of nitrogens with zero attached hydrogens (tertiary/aromatic N) is 3. The largest absolute Gasteiger partial charge is 0.343 e. The van der Waals surface area contributed by atoms with Gasteiger partial charge in [0.15, 0.2) is 5.82 Å². The first-order chi connectivity index (χ1) is 7.56. The molecule has 0 bridgehead atoms. The van der Waals surface area contributed by atoms with E-state index in [1.165, 1.54) is 11.4 Å². The first kappa shape index (κ1) is 13.0. The van der Waals surface area contributed by atoms with Gasteiger partial charge in [-0.2, -0.15) is 22.4 Å². The Morgan fingerprint density at radius 1 is 1.62 bits per heavy atom. The molecule has 0 saturated heterocycles. The highest BCUT2D eigenvalue weighted by Crippen LogP contribution is 1.97. The highest BCUT2D eigenvalue weighted by atomic mass is 32.2. The Labute approximate surface area is 94.0 Å². The lowest BCUT2D eigenvalue weighted by Crippen LogP contribution is -2.39. The van der Waals surface area contributed by atoms with Crippen LogP contribution in [0.15, 0.2) is 10.9 Å². The molecule has 1 aromatic rings. The van der Waals surface area contributed by atoms with Gasteiger partial charge in [0.2, 0.25) is 6.39 Å². The predicted molar refractivity (Wildman–Crippen MR) is 56.4 cm³/mol. The van der Waals surface area contributed by atoms with E-state index in [2.05, 4.69) is 19.4 Å². The molecule has 0 spiro atoms. The van der Waals surface area contributed by atoms with Crippen molar-refractivity contribution in [1.82, 2.24) is 19.2 Å². The van der Waals surface area contributed by atoms with Crippen LogP contribution in [-0.4, -0.2) is 43.0 Å². The Kier molecular flexibility index (Phi) is 4.80. The Bertz CT molecular complexity index is 390. The van der Waals surface area contributed by atoms with Gasteiger partial charge in [0, 0.05) is 13.6 Å². The molecule has 16 heavy (non-hydrogen) atoms. The second-order valence-corrected chi connectivity index (χ2v) is 5.00. The summed E-state index contributed by atoms with van der Waals surface area (Å²) in [5.74, 6) is 0.288. The van der Waals surface area contributed by atoms with Crippen molar-refractivity contribution in [1.29, 1.82) is 0 Å². The molecular weight excluding hydrogens is 234 g/mol. The van der Waals surface area contributed by atoms with E-state index in [0.717, 1.165) is 6.39 Å². The molecule has 0 radical (unpaired) electrons. The fraction of sp³-hybridized carbons (Fsp3) is 0.714. The molecule has 1 heterocycles.